The van der Waals surface area contributed by atoms with Crippen LogP contribution in [-0.4, -0.2) is 17.6 Å². The molecule has 3 N–H and O–H groups in total. The number of aryl methyl sites for hydroxylation is 1. The maximum atomic E-state index is 12.5. The van der Waals surface area contributed by atoms with Gasteiger partial charge in [0.05, 0.1) is 4.88 Å². The van der Waals surface area contributed by atoms with Crippen LogP contribution in [0.2, 0.25) is 0 Å². The van der Waals surface area contributed by atoms with E-state index in [1.165, 1.54) is 12.8 Å². The Balaban J connectivity index is 2.09. The maximum absolute atomic E-state index is 12.5. The van der Waals surface area contributed by atoms with E-state index in [0.717, 1.165) is 22.6 Å². The summed E-state index contributed by atoms with van der Waals surface area (Å²) in [7, 11) is 0. The number of nitrogen functional groups attached to an aromatic ring is 1. The van der Waals surface area contributed by atoms with Crippen LogP contribution in [0.1, 0.15) is 54.8 Å². The molecule has 0 aliphatic carbocycles. The van der Waals surface area contributed by atoms with Gasteiger partial charge < -0.3 is 15.6 Å². The number of carbonyl (C=O) groups is 1. The summed E-state index contributed by atoms with van der Waals surface area (Å²) in [4.78, 5) is 14.6. The molecule has 6 heteroatoms. The molecule has 0 fully saturated rings. The van der Waals surface area contributed by atoms with Crippen molar-refractivity contribution in [3.63, 3.8) is 0 Å². The smallest absolute Gasteiger partial charge is 0.259 e. The highest BCUT2D eigenvalue weighted by Crippen LogP contribution is 2.32. The number of aromatic nitrogens is 1. The van der Waals surface area contributed by atoms with Gasteiger partial charge in [-0.25, -0.2) is 0 Å². The molecule has 0 aliphatic heterocycles. The quantitative estimate of drug-likeness (QED) is 0.756. The molecule has 2 aromatic heterocycles. The Morgan fingerprint density at radius 1 is 1.43 bits per heavy atom. The zero-order chi connectivity index (χ0) is 16.8. The summed E-state index contributed by atoms with van der Waals surface area (Å²) in [5.41, 5.74) is 6.69. The first-order valence-electron chi connectivity index (χ1n) is 8.16. The number of nitrogens with two attached hydrogens (primary N) is 1. The van der Waals surface area contributed by atoms with Gasteiger partial charge in [0.15, 0.2) is 0 Å². The number of thiophene rings is 1. The molecule has 0 bridgehead atoms. The van der Waals surface area contributed by atoms with Gasteiger partial charge in [-0.1, -0.05) is 38.3 Å². The van der Waals surface area contributed by atoms with E-state index in [9.17, 15) is 4.79 Å². The predicted molar refractivity (Wildman–Crippen MR) is 94.6 cm³/mol. The second kappa shape index (κ2) is 8.15. The molecular formula is C17H25N3O2S. The first-order chi connectivity index (χ1) is 11.1. The van der Waals surface area contributed by atoms with E-state index in [0.29, 0.717) is 23.7 Å². The molecule has 23 heavy (non-hydrogen) atoms. The molecule has 2 rings (SSSR count). The minimum Gasteiger partial charge on any atom is -0.367 e. The number of nitrogens with zero attached hydrogens (tertiary/aromatic N) is 1. The molecule has 0 aromatic carbocycles. The normalized spacial score (nSPS) is 12.3. The molecule has 1 atom stereocenters. The SMILES string of the molecule is CCCCC(CC)CNC(=O)c1c(-c2ccc(C)s2)noc1N. The number of nitrogens with one attached hydrogen (secondary N) is 1. The topological polar surface area (TPSA) is 81.2 Å². The van der Waals surface area contributed by atoms with Crippen LogP contribution in [-0.2, 0) is 0 Å². The Hall–Kier alpha value is -1.82. The molecular weight excluding hydrogens is 310 g/mol. The largest absolute Gasteiger partial charge is 0.367 e. The van der Waals surface area contributed by atoms with Gasteiger partial charge in [-0.05, 0) is 31.4 Å². The van der Waals surface area contributed by atoms with E-state index < -0.39 is 0 Å². The van der Waals surface area contributed by atoms with Crippen molar-refractivity contribution < 1.29 is 9.32 Å². The van der Waals surface area contributed by atoms with Crippen molar-refractivity contribution in [2.24, 2.45) is 5.92 Å². The van der Waals surface area contributed by atoms with Gasteiger partial charge in [-0.3, -0.25) is 4.79 Å². The molecule has 1 unspecified atom stereocenters. The van der Waals surface area contributed by atoms with Crippen LogP contribution >= 0.6 is 11.3 Å². The third-order valence-corrected chi connectivity index (χ3v) is 5.02. The Morgan fingerprint density at radius 2 is 2.22 bits per heavy atom. The molecule has 1 amide bonds. The van der Waals surface area contributed by atoms with Crippen LogP contribution in [0.5, 0.6) is 0 Å². The Morgan fingerprint density at radius 3 is 2.83 bits per heavy atom. The van der Waals surface area contributed by atoms with E-state index in [1.54, 1.807) is 11.3 Å². The highest BCUT2D eigenvalue weighted by molar-refractivity contribution is 7.15. The third kappa shape index (κ3) is 4.34. The van der Waals surface area contributed by atoms with Crippen LogP contribution < -0.4 is 11.1 Å². The van der Waals surface area contributed by atoms with Crippen molar-refractivity contribution in [1.82, 2.24) is 10.5 Å². The minimum atomic E-state index is -0.209. The molecule has 0 radical (unpaired) electrons. The van der Waals surface area contributed by atoms with E-state index in [2.05, 4.69) is 24.3 Å². The molecule has 0 spiro atoms. The standard InChI is InChI=1S/C17H25N3O2S/c1-4-6-7-12(5-2)10-19-17(21)14-15(20-22-16(14)18)13-9-8-11(3)23-13/h8-9,12H,4-7,10,18H2,1-3H3,(H,19,21). The summed E-state index contributed by atoms with van der Waals surface area (Å²) >= 11 is 1.57. The minimum absolute atomic E-state index is 0.0742. The van der Waals surface area contributed by atoms with Crippen molar-refractivity contribution in [1.29, 1.82) is 0 Å². The fraction of sp³-hybridized carbons (Fsp3) is 0.529. The van der Waals surface area contributed by atoms with Crippen LogP contribution in [0.4, 0.5) is 5.88 Å². The number of carbonyl (C=O) groups excluding carboxylic acids is 1. The van der Waals surface area contributed by atoms with Gasteiger partial charge in [-0.15, -0.1) is 11.3 Å². The summed E-state index contributed by atoms with van der Waals surface area (Å²) in [6.45, 7) is 7.00. The zero-order valence-corrected chi connectivity index (χ0v) is 14.8. The number of amides is 1. The van der Waals surface area contributed by atoms with E-state index in [4.69, 9.17) is 10.3 Å². The summed E-state index contributed by atoms with van der Waals surface area (Å²) in [5.74, 6) is 0.359. The first kappa shape index (κ1) is 17.5. The van der Waals surface area contributed by atoms with Crippen molar-refractivity contribution >= 4 is 23.1 Å². The summed E-state index contributed by atoms with van der Waals surface area (Å²) in [6.07, 6.45) is 4.54. The van der Waals surface area contributed by atoms with Crippen molar-refractivity contribution in [3.8, 4) is 10.6 Å². The number of hydrogen-bond acceptors (Lipinski definition) is 5. The second-order valence-electron chi connectivity index (χ2n) is 5.81. The lowest BCUT2D eigenvalue weighted by Crippen LogP contribution is -2.29. The Labute approximate surface area is 141 Å². The maximum Gasteiger partial charge on any atom is 0.259 e. The van der Waals surface area contributed by atoms with E-state index >= 15 is 0 Å². The summed E-state index contributed by atoms with van der Waals surface area (Å²) < 4.78 is 5.05. The number of rotatable bonds is 8. The third-order valence-electron chi connectivity index (χ3n) is 4.01. The average Bonchev–Trinajstić information content (AvgIpc) is 3.13. The van der Waals surface area contributed by atoms with Crippen molar-refractivity contribution in [2.75, 3.05) is 12.3 Å². The fourth-order valence-corrected chi connectivity index (χ4v) is 3.38. The second-order valence-corrected chi connectivity index (χ2v) is 7.10. The number of anilines is 1. The first-order valence-corrected chi connectivity index (χ1v) is 8.98. The number of hydrogen-bond donors (Lipinski definition) is 2. The average molecular weight is 335 g/mol. The number of unbranched alkanes of at least 4 members (excludes halogenated alkanes) is 1. The molecule has 0 saturated heterocycles. The van der Waals surface area contributed by atoms with Gasteiger partial charge >= 0.3 is 0 Å². The predicted octanol–water partition coefficient (Wildman–Crippen LogP) is 4.24. The molecule has 2 heterocycles. The van der Waals surface area contributed by atoms with E-state index in [1.807, 2.05) is 19.1 Å². The van der Waals surface area contributed by atoms with Crippen LogP contribution in [0, 0.1) is 12.8 Å². The van der Waals surface area contributed by atoms with Gasteiger partial charge in [0.1, 0.15) is 11.3 Å². The van der Waals surface area contributed by atoms with Crippen molar-refractivity contribution in [2.45, 2.75) is 46.5 Å². The van der Waals surface area contributed by atoms with Gasteiger partial charge in [-0.2, -0.15) is 0 Å². The van der Waals surface area contributed by atoms with E-state index in [-0.39, 0.29) is 11.8 Å². The molecule has 0 saturated carbocycles. The molecule has 2 aromatic rings. The molecule has 5 nitrogen and oxygen atoms in total. The zero-order valence-electron chi connectivity index (χ0n) is 14.0. The van der Waals surface area contributed by atoms with Gasteiger partial charge in [0, 0.05) is 11.4 Å². The van der Waals surface area contributed by atoms with Crippen LogP contribution in [0.25, 0.3) is 10.6 Å². The molecule has 126 valence electrons. The lowest BCUT2D eigenvalue weighted by Gasteiger charge is -2.15. The van der Waals surface area contributed by atoms with Crippen LogP contribution in [0.15, 0.2) is 16.7 Å². The lowest BCUT2D eigenvalue weighted by atomic mass is 9.99. The highest BCUT2D eigenvalue weighted by Gasteiger charge is 2.23. The van der Waals surface area contributed by atoms with Crippen LogP contribution in [0.3, 0.4) is 0 Å². The molecule has 0 aliphatic rings. The highest BCUT2D eigenvalue weighted by atomic mass is 32.1. The summed E-state index contributed by atoms with van der Waals surface area (Å²) in [5, 5.41) is 6.96. The Kier molecular flexibility index (Phi) is 6.21. The van der Waals surface area contributed by atoms with Gasteiger partial charge in [0.2, 0.25) is 5.88 Å². The summed E-state index contributed by atoms with van der Waals surface area (Å²) in [6, 6.07) is 3.93. The lowest BCUT2D eigenvalue weighted by molar-refractivity contribution is 0.0947. The monoisotopic (exact) mass is 335 g/mol. The fourth-order valence-electron chi connectivity index (χ4n) is 2.52. The van der Waals surface area contributed by atoms with Crippen molar-refractivity contribution in [3.05, 3.63) is 22.6 Å². The Bertz CT molecular complexity index is 648. The van der Waals surface area contributed by atoms with Gasteiger partial charge in [0.25, 0.3) is 5.91 Å².